The monoisotopic (exact) mass is 232 g/mol. The van der Waals surface area contributed by atoms with Crippen molar-refractivity contribution >= 4 is 12.1 Å². The van der Waals surface area contributed by atoms with Crippen molar-refractivity contribution in [2.75, 3.05) is 11.9 Å². The number of pyridine rings is 1. The molecule has 0 saturated carbocycles. The van der Waals surface area contributed by atoms with Gasteiger partial charge < -0.3 is 10.1 Å². The Morgan fingerprint density at radius 2 is 2.24 bits per heavy atom. The first kappa shape index (κ1) is 12.1. The Hall–Kier alpha value is -1.38. The maximum absolute atomic E-state index is 10.2. The van der Waals surface area contributed by atoms with E-state index in [-0.39, 0.29) is 0 Å². The Kier molecular flexibility index (Phi) is 4.54. The number of unbranched alkanes of at least 4 members (excludes halogenated alkanes) is 2. The van der Waals surface area contributed by atoms with Crippen LogP contribution in [0.3, 0.4) is 0 Å². The van der Waals surface area contributed by atoms with E-state index in [9.17, 15) is 4.79 Å². The summed E-state index contributed by atoms with van der Waals surface area (Å²) in [5, 5.41) is 3.40. The van der Waals surface area contributed by atoms with Crippen molar-refractivity contribution in [3.05, 3.63) is 23.4 Å². The van der Waals surface area contributed by atoms with Crippen molar-refractivity contribution in [1.29, 1.82) is 0 Å². The highest BCUT2D eigenvalue weighted by Crippen LogP contribution is 2.20. The van der Waals surface area contributed by atoms with Crippen LogP contribution in [0.2, 0.25) is 0 Å². The number of aromatic nitrogens is 1. The van der Waals surface area contributed by atoms with Gasteiger partial charge in [0, 0.05) is 18.7 Å². The molecule has 0 atom stereocenters. The zero-order valence-corrected chi connectivity index (χ0v) is 10.2. The summed E-state index contributed by atoms with van der Waals surface area (Å²) < 4.78 is 0. The number of hydrogen-bond acceptors (Lipinski definition) is 3. The van der Waals surface area contributed by atoms with Gasteiger partial charge in [0.1, 0.15) is 12.1 Å². The van der Waals surface area contributed by atoms with Gasteiger partial charge in [-0.15, -0.1) is 0 Å². The van der Waals surface area contributed by atoms with E-state index in [0.717, 1.165) is 50.0 Å². The Balaban J connectivity index is 1.95. The maximum atomic E-state index is 10.2. The largest absolute Gasteiger partial charge is 0.370 e. The van der Waals surface area contributed by atoms with Crippen LogP contribution in [-0.2, 0) is 17.6 Å². The smallest absolute Gasteiger partial charge is 0.129 e. The fraction of sp³-hybridized carbons (Fsp3) is 0.571. The average molecular weight is 232 g/mol. The number of nitrogens with zero attached hydrogens (tertiary/aromatic N) is 1. The van der Waals surface area contributed by atoms with E-state index in [0.29, 0.717) is 6.42 Å². The van der Waals surface area contributed by atoms with Gasteiger partial charge in [-0.25, -0.2) is 4.98 Å². The van der Waals surface area contributed by atoms with E-state index >= 15 is 0 Å². The predicted molar refractivity (Wildman–Crippen MR) is 69.3 cm³/mol. The van der Waals surface area contributed by atoms with Crippen molar-refractivity contribution < 1.29 is 4.79 Å². The van der Waals surface area contributed by atoms with E-state index in [1.165, 1.54) is 18.4 Å². The first-order valence-corrected chi connectivity index (χ1v) is 6.56. The molecule has 0 fully saturated rings. The van der Waals surface area contributed by atoms with Crippen molar-refractivity contribution in [3.8, 4) is 0 Å². The number of rotatable bonds is 5. The number of fused-ring (bicyclic) bond motifs is 1. The molecule has 0 aliphatic carbocycles. The molecule has 1 aromatic heterocycles. The highest BCUT2D eigenvalue weighted by Gasteiger charge is 2.08. The summed E-state index contributed by atoms with van der Waals surface area (Å²) in [4.78, 5) is 14.9. The zero-order valence-electron chi connectivity index (χ0n) is 10.2. The lowest BCUT2D eigenvalue weighted by atomic mass is 10.1. The maximum Gasteiger partial charge on any atom is 0.129 e. The van der Waals surface area contributed by atoms with Crippen molar-refractivity contribution in [2.45, 2.75) is 44.9 Å². The highest BCUT2D eigenvalue weighted by molar-refractivity contribution is 5.49. The Morgan fingerprint density at radius 3 is 3.12 bits per heavy atom. The van der Waals surface area contributed by atoms with Crippen molar-refractivity contribution in [3.63, 3.8) is 0 Å². The minimum Gasteiger partial charge on any atom is -0.370 e. The molecule has 1 aliphatic heterocycles. The normalized spacial score (nSPS) is 14.6. The number of nitrogens with one attached hydrogen (secondary N) is 1. The summed E-state index contributed by atoms with van der Waals surface area (Å²) in [7, 11) is 0. The number of aldehydes is 1. The predicted octanol–water partition coefficient (Wildman–Crippen LogP) is 2.74. The molecule has 2 heterocycles. The second kappa shape index (κ2) is 6.38. The molecule has 17 heavy (non-hydrogen) atoms. The molecule has 0 amide bonds. The summed E-state index contributed by atoms with van der Waals surface area (Å²) in [6.45, 7) is 1.04. The standard InChI is InChI=1S/C14H20N2O/c17-11-5-1-2-7-13-9-8-12-6-3-4-10-15-14(12)16-13/h8-9,11H,1-7,10H2,(H,15,16). The van der Waals surface area contributed by atoms with Crippen molar-refractivity contribution in [2.24, 2.45) is 0 Å². The average Bonchev–Trinajstić information content (AvgIpc) is 2.59. The van der Waals surface area contributed by atoms with E-state index in [1.54, 1.807) is 0 Å². The minimum absolute atomic E-state index is 0.670. The summed E-state index contributed by atoms with van der Waals surface area (Å²) in [5.74, 6) is 1.08. The quantitative estimate of drug-likeness (QED) is 0.627. The van der Waals surface area contributed by atoms with Gasteiger partial charge in [-0.2, -0.15) is 0 Å². The highest BCUT2D eigenvalue weighted by atomic mass is 16.1. The number of aryl methyl sites for hydroxylation is 2. The first-order valence-electron chi connectivity index (χ1n) is 6.56. The van der Waals surface area contributed by atoms with Crippen LogP contribution in [0, 0.1) is 0 Å². The van der Waals surface area contributed by atoms with Gasteiger partial charge in [-0.3, -0.25) is 0 Å². The van der Waals surface area contributed by atoms with E-state index in [4.69, 9.17) is 0 Å². The first-order chi connectivity index (χ1) is 8.40. The van der Waals surface area contributed by atoms with Crippen LogP contribution < -0.4 is 5.32 Å². The SMILES string of the molecule is O=CCCCCc1ccc2c(n1)NCCCC2. The van der Waals surface area contributed by atoms with Crippen LogP contribution in [0.1, 0.15) is 43.4 Å². The molecule has 0 radical (unpaired) electrons. The second-order valence-electron chi connectivity index (χ2n) is 4.61. The molecular weight excluding hydrogens is 212 g/mol. The fourth-order valence-corrected chi connectivity index (χ4v) is 2.20. The van der Waals surface area contributed by atoms with E-state index in [1.807, 2.05) is 0 Å². The molecule has 0 bridgehead atoms. The molecule has 3 nitrogen and oxygen atoms in total. The Bertz CT molecular complexity index is 376. The molecule has 0 spiro atoms. The molecule has 1 aromatic rings. The minimum atomic E-state index is 0.670. The van der Waals surface area contributed by atoms with Gasteiger partial charge in [0.15, 0.2) is 0 Å². The number of anilines is 1. The lowest BCUT2D eigenvalue weighted by Crippen LogP contribution is -2.04. The molecule has 92 valence electrons. The summed E-state index contributed by atoms with van der Waals surface area (Å²) >= 11 is 0. The van der Waals surface area contributed by atoms with E-state index < -0.39 is 0 Å². The number of carbonyl (C=O) groups is 1. The fourth-order valence-electron chi connectivity index (χ4n) is 2.20. The van der Waals surface area contributed by atoms with Crippen LogP contribution in [0.15, 0.2) is 12.1 Å². The summed E-state index contributed by atoms with van der Waals surface area (Å²) in [6, 6.07) is 4.34. The zero-order chi connectivity index (χ0) is 11.9. The van der Waals surface area contributed by atoms with Gasteiger partial charge >= 0.3 is 0 Å². The van der Waals surface area contributed by atoms with Gasteiger partial charge in [0.05, 0.1) is 0 Å². The van der Waals surface area contributed by atoms with Gasteiger partial charge in [-0.1, -0.05) is 6.07 Å². The van der Waals surface area contributed by atoms with Crippen molar-refractivity contribution in [1.82, 2.24) is 4.98 Å². The third kappa shape index (κ3) is 3.55. The molecule has 0 saturated heterocycles. The van der Waals surface area contributed by atoms with Gasteiger partial charge in [-0.05, 0) is 50.2 Å². The summed E-state index contributed by atoms with van der Waals surface area (Å²) in [5.41, 5.74) is 2.49. The Morgan fingerprint density at radius 1 is 1.29 bits per heavy atom. The molecular formula is C14H20N2O. The van der Waals surface area contributed by atoms with Crippen LogP contribution in [0.25, 0.3) is 0 Å². The molecule has 1 aliphatic rings. The lowest BCUT2D eigenvalue weighted by Gasteiger charge is -2.08. The topological polar surface area (TPSA) is 42.0 Å². The molecule has 0 aromatic carbocycles. The molecule has 3 heteroatoms. The third-order valence-corrected chi connectivity index (χ3v) is 3.21. The Labute approximate surface area is 103 Å². The van der Waals surface area contributed by atoms with Crippen LogP contribution in [0.4, 0.5) is 5.82 Å². The third-order valence-electron chi connectivity index (χ3n) is 3.21. The summed E-state index contributed by atoms with van der Waals surface area (Å²) in [6.07, 6.45) is 8.27. The van der Waals surface area contributed by atoms with E-state index in [2.05, 4.69) is 22.4 Å². The van der Waals surface area contributed by atoms with Crippen LogP contribution in [0.5, 0.6) is 0 Å². The van der Waals surface area contributed by atoms with Gasteiger partial charge in [0.25, 0.3) is 0 Å². The number of hydrogen-bond donors (Lipinski definition) is 1. The number of carbonyl (C=O) groups excluding carboxylic acids is 1. The lowest BCUT2D eigenvalue weighted by molar-refractivity contribution is -0.107. The molecule has 1 N–H and O–H groups in total. The van der Waals surface area contributed by atoms with Crippen LogP contribution >= 0.6 is 0 Å². The molecule has 0 unspecified atom stereocenters. The van der Waals surface area contributed by atoms with Crippen LogP contribution in [-0.4, -0.2) is 17.8 Å². The van der Waals surface area contributed by atoms with Gasteiger partial charge in [0.2, 0.25) is 0 Å². The second-order valence-corrected chi connectivity index (χ2v) is 4.61. The molecule has 2 rings (SSSR count).